The average Bonchev–Trinajstić information content (AvgIpc) is 3.07. The summed E-state index contributed by atoms with van der Waals surface area (Å²) in [6.45, 7) is 6.20. The van der Waals surface area contributed by atoms with Crippen LogP contribution in [0.3, 0.4) is 0 Å². The Hall–Kier alpha value is -5.48. The summed E-state index contributed by atoms with van der Waals surface area (Å²) >= 11 is 0. The lowest BCUT2D eigenvalue weighted by Crippen LogP contribution is -2.42. The zero-order chi connectivity index (χ0) is 34.5. The van der Waals surface area contributed by atoms with Gasteiger partial charge in [0.1, 0.15) is 0 Å². The third-order valence-corrected chi connectivity index (χ3v) is 8.63. The second-order valence-corrected chi connectivity index (χ2v) is 12.3. The Balaban J connectivity index is 1.43. The van der Waals surface area contributed by atoms with E-state index in [1.807, 2.05) is 62.3 Å². The molecule has 2 heterocycles. The van der Waals surface area contributed by atoms with E-state index in [0.29, 0.717) is 47.5 Å². The zero-order valence-electron chi connectivity index (χ0n) is 27.7. The molecule has 1 aliphatic heterocycles. The van der Waals surface area contributed by atoms with Gasteiger partial charge in [-0.15, -0.1) is 0 Å². The van der Waals surface area contributed by atoms with Crippen LogP contribution in [0, 0.1) is 6.92 Å². The molecule has 0 bridgehead atoms. The molecule has 3 amide bonds. The van der Waals surface area contributed by atoms with Crippen LogP contribution >= 0.6 is 0 Å². The third-order valence-electron chi connectivity index (χ3n) is 8.63. The van der Waals surface area contributed by atoms with Crippen molar-refractivity contribution in [2.45, 2.75) is 32.3 Å². The number of benzene rings is 3. The van der Waals surface area contributed by atoms with Crippen molar-refractivity contribution < 1.29 is 19.5 Å². The summed E-state index contributed by atoms with van der Waals surface area (Å²) in [6, 6.07) is 20.0. The van der Waals surface area contributed by atoms with Crippen LogP contribution in [0.5, 0.6) is 0 Å². The molecular formula is C38H41N5O5. The first-order chi connectivity index (χ1) is 22.9. The number of carbonyl (C=O) groups excluding carboxylic acids is 3. The van der Waals surface area contributed by atoms with E-state index in [-0.39, 0.29) is 30.3 Å². The highest BCUT2D eigenvalue weighted by Gasteiger charge is 2.25. The van der Waals surface area contributed by atoms with E-state index in [1.165, 1.54) is 4.57 Å². The lowest BCUT2D eigenvalue weighted by atomic mass is 9.96. The van der Waals surface area contributed by atoms with Gasteiger partial charge >= 0.3 is 0 Å². The summed E-state index contributed by atoms with van der Waals surface area (Å²) in [5, 5.41) is 15.9. The van der Waals surface area contributed by atoms with Crippen LogP contribution in [0.1, 0.15) is 50.2 Å². The highest BCUT2D eigenvalue weighted by Crippen LogP contribution is 2.30. The Morgan fingerprint density at radius 1 is 1.02 bits per heavy atom. The lowest BCUT2D eigenvalue weighted by molar-refractivity contribution is -0.111. The molecule has 4 aromatic rings. The van der Waals surface area contributed by atoms with Gasteiger partial charge in [0.15, 0.2) is 0 Å². The Kier molecular flexibility index (Phi) is 10.2. The maximum absolute atomic E-state index is 13.4. The molecule has 0 aliphatic carbocycles. The van der Waals surface area contributed by atoms with Gasteiger partial charge in [-0.3, -0.25) is 19.2 Å². The van der Waals surface area contributed by atoms with Crippen molar-refractivity contribution in [2.75, 3.05) is 42.7 Å². The summed E-state index contributed by atoms with van der Waals surface area (Å²) in [4.78, 5) is 55.7. The van der Waals surface area contributed by atoms with Gasteiger partial charge in [-0.2, -0.15) is 0 Å². The fraction of sp³-hybridized carbons (Fsp3) is 0.263. The number of β-amino-alcohol motifs (C(OH)–C–C–N with tert-alkyl or cyclic N) is 1. The fourth-order valence-corrected chi connectivity index (χ4v) is 5.95. The molecule has 1 aliphatic rings. The number of hydrogen-bond acceptors (Lipinski definition) is 6. The van der Waals surface area contributed by atoms with E-state index in [0.717, 1.165) is 34.0 Å². The van der Waals surface area contributed by atoms with Crippen molar-refractivity contribution in [2.24, 2.45) is 7.05 Å². The third kappa shape index (κ3) is 7.56. The molecule has 1 saturated heterocycles. The van der Waals surface area contributed by atoms with Gasteiger partial charge in [0.2, 0.25) is 5.91 Å². The van der Waals surface area contributed by atoms with Crippen LogP contribution in [0.25, 0.3) is 11.1 Å². The number of aliphatic hydroxyl groups excluding tert-OH is 1. The van der Waals surface area contributed by atoms with Gasteiger partial charge in [-0.25, -0.2) is 0 Å². The number of carbonyl (C=O) groups is 3. The molecule has 1 atom stereocenters. The number of nitrogens with zero attached hydrogens (tertiary/aromatic N) is 3. The number of amides is 3. The Morgan fingerprint density at radius 2 is 1.77 bits per heavy atom. The minimum Gasteiger partial charge on any atom is -0.391 e. The predicted octanol–water partition coefficient (Wildman–Crippen LogP) is 4.99. The molecule has 0 saturated carbocycles. The van der Waals surface area contributed by atoms with E-state index in [1.54, 1.807) is 48.5 Å². The van der Waals surface area contributed by atoms with Crippen LogP contribution in [0.2, 0.25) is 0 Å². The minimum absolute atomic E-state index is 0.179. The molecular weight excluding hydrogens is 606 g/mol. The van der Waals surface area contributed by atoms with Gasteiger partial charge < -0.3 is 30.1 Å². The standard InChI is InChI=1S/C38H41N5O5/c1-6-35(45)39-34-20-25(12-17-32(34)38(48)43-18-8-9-30(44)23-43)19-27-21-28(22-42(5)37(27)47)31-10-7-11-33(24(31)2)40-36(46)26-13-15-29(16-14-26)41(3)4/h6-7,10-17,20-22,30,44H,1,8-9,18-19,23H2,2-5H3,(H,39,45)(H,40,46). The molecule has 1 aromatic heterocycles. The van der Waals surface area contributed by atoms with Crippen LogP contribution in [0.15, 0.2) is 90.4 Å². The highest BCUT2D eigenvalue weighted by molar-refractivity contribution is 6.07. The quantitative estimate of drug-likeness (QED) is 0.220. The van der Waals surface area contributed by atoms with Crippen molar-refractivity contribution >= 4 is 34.8 Å². The summed E-state index contributed by atoms with van der Waals surface area (Å²) in [5.41, 5.74) is 6.37. The average molecular weight is 648 g/mol. The van der Waals surface area contributed by atoms with Gasteiger partial charge in [0.25, 0.3) is 17.4 Å². The van der Waals surface area contributed by atoms with Gasteiger partial charge in [0.05, 0.1) is 17.4 Å². The largest absolute Gasteiger partial charge is 0.391 e. The maximum Gasteiger partial charge on any atom is 0.256 e. The number of aliphatic hydroxyl groups is 1. The molecule has 5 rings (SSSR count). The topological polar surface area (TPSA) is 124 Å². The number of aromatic nitrogens is 1. The van der Waals surface area contributed by atoms with Crippen molar-refractivity contribution in [3.8, 4) is 11.1 Å². The number of pyridine rings is 1. The number of likely N-dealkylation sites (tertiary alicyclic amines) is 1. The second kappa shape index (κ2) is 14.5. The minimum atomic E-state index is -0.585. The highest BCUT2D eigenvalue weighted by atomic mass is 16.3. The molecule has 248 valence electrons. The number of nitrogens with one attached hydrogen (secondary N) is 2. The monoisotopic (exact) mass is 647 g/mol. The zero-order valence-corrected chi connectivity index (χ0v) is 27.7. The van der Waals surface area contributed by atoms with E-state index in [4.69, 9.17) is 0 Å². The summed E-state index contributed by atoms with van der Waals surface area (Å²) in [7, 11) is 5.58. The van der Waals surface area contributed by atoms with Crippen LogP contribution in [0.4, 0.5) is 17.1 Å². The number of rotatable bonds is 9. The van der Waals surface area contributed by atoms with Gasteiger partial charge in [-0.1, -0.05) is 24.8 Å². The van der Waals surface area contributed by atoms with Gasteiger partial charge in [0, 0.05) is 69.4 Å². The number of anilines is 3. The summed E-state index contributed by atoms with van der Waals surface area (Å²) < 4.78 is 1.53. The molecule has 10 nitrogen and oxygen atoms in total. The molecule has 0 radical (unpaired) electrons. The number of piperidine rings is 1. The van der Waals surface area contributed by atoms with Crippen molar-refractivity contribution in [3.63, 3.8) is 0 Å². The fourth-order valence-electron chi connectivity index (χ4n) is 5.95. The normalized spacial score (nSPS) is 14.3. The van der Waals surface area contributed by atoms with Crippen molar-refractivity contribution in [3.05, 3.63) is 124 Å². The second-order valence-electron chi connectivity index (χ2n) is 12.3. The lowest BCUT2D eigenvalue weighted by Gasteiger charge is -2.30. The molecule has 10 heteroatoms. The van der Waals surface area contributed by atoms with E-state index < -0.39 is 12.0 Å². The smallest absolute Gasteiger partial charge is 0.256 e. The first-order valence-corrected chi connectivity index (χ1v) is 15.9. The summed E-state index contributed by atoms with van der Waals surface area (Å²) in [6.07, 6.45) is 3.89. The Labute approximate surface area is 280 Å². The summed E-state index contributed by atoms with van der Waals surface area (Å²) in [5.74, 6) is -0.976. The Bertz CT molecular complexity index is 1930. The Morgan fingerprint density at radius 3 is 2.46 bits per heavy atom. The molecule has 0 spiro atoms. The van der Waals surface area contributed by atoms with Gasteiger partial charge in [-0.05, 0) is 96.6 Å². The van der Waals surface area contributed by atoms with E-state index >= 15 is 0 Å². The van der Waals surface area contributed by atoms with E-state index in [2.05, 4.69) is 17.2 Å². The van der Waals surface area contributed by atoms with Crippen LogP contribution < -0.4 is 21.1 Å². The van der Waals surface area contributed by atoms with Crippen molar-refractivity contribution in [1.82, 2.24) is 9.47 Å². The van der Waals surface area contributed by atoms with Crippen LogP contribution in [-0.2, 0) is 18.3 Å². The number of hydrogen-bond donors (Lipinski definition) is 3. The molecule has 1 fully saturated rings. The molecule has 3 N–H and O–H groups in total. The maximum atomic E-state index is 13.4. The predicted molar refractivity (Wildman–Crippen MR) is 190 cm³/mol. The first kappa shape index (κ1) is 33.9. The molecule has 3 aromatic carbocycles. The SMILES string of the molecule is C=CC(=O)Nc1cc(Cc2cc(-c3cccc(NC(=O)c4ccc(N(C)C)cc4)c3C)cn(C)c2=O)ccc1C(=O)N1CCCC(O)C1. The number of aryl methyl sites for hydroxylation is 1. The molecule has 48 heavy (non-hydrogen) atoms. The van der Waals surface area contributed by atoms with Crippen LogP contribution in [-0.4, -0.2) is 65.6 Å². The first-order valence-electron chi connectivity index (χ1n) is 15.9. The molecule has 1 unspecified atom stereocenters. The van der Waals surface area contributed by atoms with E-state index in [9.17, 15) is 24.3 Å². The van der Waals surface area contributed by atoms with Crippen molar-refractivity contribution in [1.29, 1.82) is 0 Å².